The number of piperidine rings is 1. The second kappa shape index (κ2) is 6.02. The van der Waals surface area contributed by atoms with Crippen LogP contribution in [0.1, 0.15) is 35.9 Å². The number of carbonyl (C=O) groups excluding carboxylic acids is 2. The Balaban J connectivity index is 2.25. The van der Waals surface area contributed by atoms with Crippen molar-refractivity contribution in [3.63, 3.8) is 0 Å². The molecule has 1 aromatic heterocycles. The SMILES string of the molecule is CC(=O)N[C@H]1CC[C@H](C(F)(F)F)N(C(=O)c2occc2C)C1. The zero-order chi connectivity index (χ0) is 16.5. The molecule has 2 atom stereocenters. The number of halogens is 3. The van der Waals surface area contributed by atoms with Crippen molar-refractivity contribution in [1.82, 2.24) is 10.2 Å². The first-order valence-electron chi connectivity index (χ1n) is 6.89. The van der Waals surface area contributed by atoms with E-state index < -0.39 is 24.2 Å². The van der Waals surface area contributed by atoms with Crippen LogP contribution in [0.2, 0.25) is 0 Å². The Kier molecular flexibility index (Phi) is 4.48. The number of alkyl halides is 3. The van der Waals surface area contributed by atoms with E-state index in [0.717, 1.165) is 4.90 Å². The van der Waals surface area contributed by atoms with Gasteiger partial charge in [-0.05, 0) is 25.8 Å². The third-order valence-corrected chi connectivity index (χ3v) is 3.68. The number of carbonyl (C=O) groups is 2. The Morgan fingerprint density at radius 3 is 2.55 bits per heavy atom. The minimum absolute atomic E-state index is 0.0993. The van der Waals surface area contributed by atoms with Gasteiger partial charge in [-0.25, -0.2) is 0 Å². The van der Waals surface area contributed by atoms with Crippen LogP contribution < -0.4 is 5.32 Å². The molecule has 2 heterocycles. The predicted octanol–water partition coefficient (Wildman–Crippen LogP) is 2.26. The number of rotatable bonds is 2. The monoisotopic (exact) mass is 318 g/mol. The molecule has 1 fully saturated rings. The van der Waals surface area contributed by atoms with Gasteiger partial charge in [-0.1, -0.05) is 0 Å². The van der Waals surface area contributed by atoms with Crippen LogP contribution in [0.5, 0.6) is 0 Å². The minimum atomic E-state index is -4.52. The molecule has 8 heteroatoms. The van der Waals surface area contributed by atoms with Gasteiger partial charge < -0.3 is 14.6 Å². The third-order valence-electron chi connectivity index (χ3n) is 3.68. The van der Waals surface area contributed by atoms with E-state index in [-0.39, 0.29) is 31.1 Å². The maximum atomic E-state index is 13.2. The first-order chi connectivity index (χ1) is 10.2. The molecule has 5 nitrogen and oxygen atoms in total. The molecule has 122 valence electrons. The Labute approximate surface area is 125 Å². The van der Waals surface area contributed by atoms with Crippen LogP contribution in [0.25, 0.3) is 0 Å². The Morgan fingerprint density at radius 1 is 1.36 bits per heavy atom. The van der Waals surface area contributed by atoms with Crippen LogP contribution in [-0.2, 0) is 4.79 Å². The first kappa shape index (κ1) is 16.4. The van der Waals surface area contributed by atoms with Crippen molar-refractivity contribution in [2.45, 2.75) is 44.9 Å². The van der Waals surface area contributed by atoms with E-state index in [1.54, 1.807) is 6.92 Å². The summed E-state index contributed by atoms with van der Waals surface area (Å²) in [6.07, 6.45) is -3.33. The van der Waals surface area contributed by atoms with Crippen LogP contribution in [0.3, 0.4) is 0 Å². The Morgan fingerprint density at radius 2 is 2.05 bits per heavy atom. The van der Waals surface area contributed by atoms with E-state index >= 15 is 0 Å². The molecule has 0 bridgehead atoms. The van der Waals surface area contributed by atoms with Gasteiger partial charge in [0.1, 0.15) is 6.04 Å². The molecule has 0 aliphatic carbocycles. The van der Waals surface area contributed by atoms with Crippen LogP contribution in [0.15, 0.2) is 16.7 Å². The molecule has 2 rings (SSSR count). The fraction of sp³-hybridized carbons (Fsp3) is 0.571. The number of nitrogens with one attached hydrogen (secondary N) is 1. The molecule has 22 heavy (non-hydrogen) atoms. The molecular weight excluding hydrogens is 301 g/mol. The molecule has 1 aliphatic rings. The van der Waals surface area contributed by atoms with Crippen molar-refractivity contribution in [2.24, 2.45) is 0 Å². The van der Waals surface area contributed by atoms with Gasteiger partial charge in [0.15, 0.2) is 5.76 Å². The van der Waals surface area contributed by atoms with Gasteiger partial charge in [-0.2, -0.15) is 13.2 Å². The molecule has 2 amide bonds. The average molecular weight is 318 g/mol. The molecule has 0 spiro atoms. The van der Waals surface area contributed by atoms with E-state index in [1.807, 2.05) is 0 Å². The van der Waals surface area contributed by atoms with E-state index in [4.69, 9.17) is 4.42 Å². The van der Waals surface area contributed by atoms with Gasteiger partial charge in [0.05, 0.1) is 6.26 Å². The molecule has 0 unspecified atom stereocenters. The highest BCUT2D eigenvalue weighted by Gasteiger charge is 2.48. The second-order valence-corrected chi connectivity index (χ2v) is 5.42. The lowest BCUT2D eigenvalue weighted by molar-refractivity contribution is -0.184. The standard InChI is InChI=1S/C14H17F3N2O3/c1-8-5-6-22-12(8)13(21)19-7-10(18-9(2)20)3-4-11(19)14(15,16)17/h5-6,10-11H,3-4,7H2,1-2H3,(H,18,20)/t10-,11+/m0/s1. The number of furan rings is 1. The van der Waals surface area contributed by atoms with E-state index in [0.29, 0.717) is 5.56 Å². The van der Waals surface area contributed by atoms with Crippen LogP contribution in [-0.4, -0.2) is 41.5 Å². The van der Waals surface area contributed by atoms with Crippen molar-refractivity contribution < 1.29 is 27.2 Å². The number of amides is 2. The predicted molar refractivity (Wildman–Crippen MR) is 71.2 cm³/mol. The molecule has 1 saturated heterocycles. The van der Waals surface area contributed by atoms with Gasteiger partial charge in [-0.3, -0.25) is 9.59 Å². The van der Waals surface area contributed by atoms with Crippen LogP contribution >= 0.6 is 0 Å². The fourth-order valence-corrected chi connectivity index (χ4v) is 2.66. The van der Waals surface area contributed by atoms with Crippen LogP contribution in [0, 0.1) is 6.92 Å². The number of aryl methyl sites for hydroxylation is 1. The number of hydrogen-bond donors (Lipinski definition) is 1. The smallest absolute Gasteiger partial charge is 0.408 e. The van der Waals surface area contributed by atoms with E-state index in [9.17, 15) is 22.8 Å². The summed E-state index contributed by atoms with van der Waals surface area (Å²) in [6, 6.07) is -0.838. The van der Waals surface area contributed by atoms with Gasteiger partial charge in [-0.15, -0.1) is 0 Å². The number of hydrogen-bond acceptors (Lipinski definition) is 3. The van der Waals surface area contributed by atoms with Gasteiger partial charge in [0.2, 0.25) is 5.91 Å². The number of nitrogens with zero attached hydrogens (tertiary/aromatic N) is 1. The molecule has 0 radical (unpaired) electrons. The highest BCUT2D eigenvalue weighted by Crippen LogP contribution is 2.33. The first-order valence-corrected chi connectivity index (χ1v) is 6.89. The summed E-state index contributed by atoms with van der Waals surface area (Å²) in [5.74, 6) is -1.24. The Hall–Kier alpha value is -1.99. The quantitative estimate of drug-likeness (QED) is 0.910. The zero-order valence-electron chi connectivity index (χ0n) is 12.2. The summed E-state index contributed by atoms with van der Waals surface area (Å²) in [4.78, 5) is 24.2. The summed E-state index contributed by atoms with van der Waals surface area (Å²) in [7, 11) is 0. The van der Waals surface area contributed by atoms with Crippen molar-refractivity contribution in [2.75, 3.05) is 6.54 Å². The van der Waals surface area contributed by atoms with Gasteiger partial charge in [0.25, 0.3) is 5.91 Å². The third kappa shape index (κ3) is 3.42. The maximum Gasteiger partial charge on any atom is 0.408 e. The topological polar surface area (TPSA) is 62.6 Å². The molecular formula is C14H17F3N2O3. The highest BCUT2D eigenvalue weighted by atomic mass is 19.4. The lowest BCUT2D eigenvalue weighted by Gasteiger charge is -2.40. The summed E-state index contributed by atoms with van der Waals surface area (Å²) >= 11 is 0. The lowest BCUT2D eigenvalue weighted by atomic mass is 9.97. The van der Waals surface area contributed by atoms with Gasteiger partial charge in [0, 0.05) is 25.1 Å². The van der Waals surface area contributed by atoms with Crippen molar-refractivity contribution in [3.8, 4) is 0 Å². The molecule has 1 aromatic rings. The molecule has 1 N–H and O–H groups in total. The molecule has 0 saturated carbocycles. The van der Waals surface area contributed by atoms with E-state index in [1.165, 1.54) is 19.3 Å². The summed E-state index contributed by atoms with van der Waals surface area (Å²) in [6.45, 7) is 2.69. The summed E-state index contributed by atoms with van der Waals surface area (Å²) < 4.78 is 44.5. The maximum absolute atomic E-state index is 13.2. The van der Waals surface area contributed by atoms with Crippen molar-refractivity contribution >= 4 is 11.8 Å². The largest absolute Gasteiger partial charge is 0.459 e. The lowest BCUT2D eigenvalue weighted by Crippen LogP contribution is -2.58. The van der Waals surface area contributed by atoms with E-state index in [2.05, 4.69) is 5.32 Å². The zero-order valence-corrected chi connectivity index (χ0v) is 12.2. The summed E-state index contributed by atoms with van der Waals surface area (Å²) in [5.41, 5.74) is 0.479. The highest BCUT2D eigenvalue weighted by molar-refractivity contribution is 5.93. The number of likely N-dealkylation sites (tertiary alicyclic amines) is 1. The van der Waals surface area contributed by atoms with Gasteiger partial charge >= 0.3 is 6.18 Å². The molecule has 0 aromatic carbocycles. The van der Waals surface area contributed by atoms with Crippen LogP contribution in [0.4, 0.5) is 13.2 Å². The normalized spacial score (nSPS) is 22.5. The van der Waals surface area contributed by atoms with Crippen molar-refractivity contribution in [3.05, 3.63) is 23.7 Å². The fourth-order valence-electron chi connectivity index (χ4n) is 2.66. The Bertz CT molecular complexity index is 568. The van der Waals surface area contributed by atoms with Crippen molar-refractivity contribution in [1.29, 1.82) is 0 Å². The second-order valence-electron chi connectivity index (χ2n) is 5.42. The minimum Gasteiger partial charge on any atom is -0.459 e. The molecule has 1 aliphatic heterocycles. The summed E-state index contributed by atoms with van der Waals surface area (Å²) in [5, 5.41) is 2.57. The average Bonchev–Trinajstić information content (AvgIpc) is 2.82.